The molecule has 24 heavy (non-hydrogen) atoms. The van der Waals surface area contributed by atoms with Gasteiger partial charge in [-0.1, -0.05) is 23.8 Å². The summed E-state index contributed by atoms with van der Waals surface area (Å²) in [5, 5.41) is 17.5. The van der Waals surface area contributed by atoms with Crippen LogP contribution in [0.3, 0.4) is 0 Å². The number of aromatic nitrogens is 2. The normalized spacial score (nSPS) is 20.6. The molecule has 0 unspecified atom stereocenters. The Morgan fingerprint density at radius 2 is 2.08 bits per heavy atom. The molecule has 2 heterocycles. The van der Waals surface area contributed by atoms with Crippen molar-refractivity contribution in [1.82, 2.24) is 15.1 Å². The molecule has 1 saturated heterocycles. The van der Waals surface area contributed by atoms with Gasteiger partial charge in [0, 0.05) is 24.7 Å². The third-order valence-electron chi connectivity index (χ3n) is 4.84. The van der Waals surface area contributed by atoms with Crippen molar-refractivity contribution in [3.8, 4) is 0 Å². The van der Waals surface area contributed by atoms with Gasteiger partial charge in [0.15, 0.2) is 0 Å². The first-order valence-corrected chi connectivity index (χ1v) is 8.45. The van der Waals surface area contributed by atoms with Crippen molar-refractivity contribution in [3.05, 3.63) is 52.3 Å². The number of hydrogen-bond acceptors (Lipinski definition) is 3. The molecule has 0 bridgehead atoms. The molecule has 1 aromatic carbocycles. The minimum atomic E-state index is -0.482. The Labute approximate surface area is 142 Å². The fourth-order valence-corrected chi connectivity index (χ4v) is 3.37. The van der Waals surface area contributed by atoms with E-state index in [4.69, 9.17) is 0 Å². The first-order chi connectivity index (χ1) is 11.4. The number of aliphatic hydroxyl groups is 1. The van der Waals surface area contributed by atoms with E-state index in [0.29, 0.717) is 25.9 Å². The zero-order valence-corrected chi connectivity index (χ0v) is 14.5. The number of carbonyl (C=O) groups excluding carboxylic acids is 1. The number of rotatable bonds is 4. The van der Waals surface area contributed by atoms with Crippen molar-refractivity contribution < 1.29 is 9.90 Å². The van der Waals surface area contributed by atoms with E-state index < -0.39 is 6.10 Å². The van der Waals surface area contributed by atoms with E-state index in [1.165, 1.54) is 0 Å². The van der Waals surface area contributed by atoms with Gasteiger partial charge in [0.1, 0.15) is 0 Å². The van der Waals surface area contributed by atoms with Gasteiger partial charge in [-0.2, -0.15) is 5.10 Å². The predicted octanol–water partition coefficient (Wildman–Crippen LogP) is 1.94. The third kappa shape index (κ3) is 3.67. The van der Waals surface area contributed by atoms with Gasteiger partial charge in [-0.05, 0) is 44.4 Å². The topological polar surface area (TPSA) is 69.2 Å². The quantitative estimate of drug-likeness (QED) is 0.902. The number of H-pyrrole nitrogens is 1. The lowest BCUT2D eigenvalue weighted by Crippen LogP contribution is -2.31. The molecule has 0 spiro atoms. The van der Waals surface area contributed by atoms with Gasteiger partial charge in [0.2, 0.25) is 5.91 Å². The highest BCUT2D eigenvalue weighted by molar-refractivity contribution is 5.79. The number of aliphatic hydroxyl groups excluding tert-OH is 1. The van der Waals surface area contributed by atoms with Gasteiger partial charge in [-0.3, -0.25) is 9.89 Å². The van der Waals surface area contributed by atoms with Gasteiger partial charge >= 0.3 is 0 Å². The minimum Gasteiger partial charge on any atom is -0.391 e. The van der Waals surface area contributed by atoms with E-state index in [2.05, 4.69) is 28.4 Å². The summed E-state index contributed by atoms with van der Waals surface area (Å²) >= 11 is 0. The lowest BCUT2D eigenvalue weighted by Gasteiger charge is -2.17. The standard InChI is InChI=1S/C19H25N3O2/c1-12-4-5-13(2)15(6-12)9-19(24)22-10-16(18(23)11-22)8-17-7-14(3)20-21-17/h4-7,16,18,23H,8-11H2,1-3H3,(H,20,21)/t16-,18-/m1/s1. The summed E-state index contributed by atoms with van der Waals surface area (Å²) in [5.74, 6) is 0.138. The van der Waals surface area contributed by atoms with Crippen LogP contribution in [0.25, 0.3) is 0 Å². The van der Waals surface area contributed by atoms with Gasteiger partial charge < -0.3 is 10.0 Å². The predicted molar refractivity (Wildman–Crippen MR) is 92.7 cm³/mol. The Morgan fingerprint density at radius 3 is 2.79 bits per heavy atom. The van der Waals surface area contributed by atoms with Crippen LogP contribution in [0.1, 0.15) is 28.1 Å². The number of hydrogen-bond donors (Lipinski definition) is 2. The zero-order chi connectivity index (χ0) is 17.3. The van der Waals surface area contributed by atoms with Crippen molar-refractivity contribution in [2.45, 2.75) is 39.7 Å². The Bertz CT molecular complexity index is 738. The van der Waals surface area contributed by atoms with Gasteiger partial charge in [-0.15, -0.1) is 0 Å². The molecule has 2 atom stereocenters. The Hall–Kier alpha value is -2.14. The molecule has 0 saturated carbocycles. The van der Waals surface area contributed by atoms with Crippen LogP contribution < -0.4 is 0 Å². The largest absolute Gasteiger partial charge is 0.391 e. The molecule has 2 aromatic rings. The average molecular weight is 327 g/mol. The molecule has 1 amide bonds. The second kappa shape index (κ2) is 6.77. The fourth-order valence-electron chi connectivity index (χ4n) is 3.37. The summed E-state index contributed by atoms with van der Waals surface area (Å²) in [6.45, 7) is 7.04. The number of β-amino-alcohol motifs (C(OH)–C–C–N with tert-alkyl or cyclic N) is 1. The summed E-state index contributed by atoms with van der Waals surface area (Å²) in [5.41, 5.74) is 5.33. The Kier molecular flexibility index (Phi) is 4.71. The van der Waals surface area contributed by atoms with Gasteiger partial charge in [-0.25, -0.2) is 0 Å². The van der Waals surface area contributed by atoms with E-state index in [0.717, 1.165) is 28.1 Å². The molecule has 1 aliphatic heterocycles. The van der Waals surface area contributed by atoms with Gasteiger partial charge in [0.25, 0.3) is 0 Å². The second-order valence-electron chi connectivity index (χ2n) is 6.98. The average Bonchev–Trinajstić information content (AvgIpc) is 3.10. The number of aryl methyl sites for hydroxylation is 3. The molecule has 5 heteroatoms. The third-order valence-corrected chi connectivity index (χ3v) is 4.84. The van der Waals surface area contributed by atoms with Crippen LogP contribution in [0.15, 0.2) is 24.3 Å². The molecule has 1 fully saturated rings. The van der Waals surface area contributed by atoms with Gasteiger partial charge in [0.05, 0.1) is 18.2 Å². The number of carbonyl (C=O) groups is 1. The number of benzene rings is 1. The van der Waals surface area contributed by atoms with Crippen LogP contribution in [-0.4, -0.2) is 45.3 Å². The lowest BCUT2D eigenvalue weighted by atomic mass is 10.00. The zero-order valence-electron chi connectivity index (χ0n) is 14.5. The summed E-state index contributed by atoms with van der Waals surface area (Å²) in [7, 11) is 0. The van der Waals surface area contributed by atoms with Crippen molar-refractivity contribution in [1.29, 1.82) is 0 Å². The maximum atomic E-state index is 12.6. The Morgan fingerprint density at radius 1 is 1.29 bits per heavy atom. The smallest absolute Gasteiger partial charge is 0.227 e. The molecule has 0 aliphatic carbocycles. The summed E-state index contributed by atoms with van der Waals surface area (Å²) < 4.78 is 0. The Balaban J connectivity index is 1.63. The van der Waals surface area contributed by atoms with Crippen LogP contribution >= 0.6 is 0 Å². The van der Waals surface area contributed by atoms with Crippen molar-refractivity contribution in [3.63, 3.8) is 0 Å². The first kappa shape index (κ1) is 16.7. The van der Waals surface area contributed by atoms with Crippen LogP contribution in [0.4, 0.5) is 0 Å². The fraction of sp³-hybridized carbons (Fsp3) is 0.474. The van der Waals surface area contributed by atoms with Crippen molar-refractivity contribution >= 4 is 5.91 Å². The van der Waals surface area contributed by atoms with Crippen molar-refractivity contribution in [2.75, 3.05) is 13.1 Å². The highest BCUT2D eigenvalue weighted by atomic mass is 16.3. The molecule has 128 valence electrons. The number of aromatic amines is 1. The molecule has 3 rings (SSSR count). The minimum absolute atomic E-state index is 0.0512. The molecular formula is C19H25N3O2. The summed E-state index contributed by atoms with van der Waals surface area (Å²) in [4.78, 5) is 14.4. The highest BCUT2D eigenvalue weighted by Gasteiger charge is 2.34. The van der Waals surface area contributed by atoms with Crippen LogP contribution in [-0.2, 0) is 17.6 Å². The van der Waals surface area contributed by atoms with E-state index in [1.54, 1.807) is 4.90 Å². The maximum absolute atomic E-state index is 12.6. The molecule has 2 N–H and O–H groups in total. The van der Waals surface area contributed by atoms with Crippen LogP contribution in [0.5, 0.6) is 0 Å². The molecule has 1 aliphatic rings. The van der Waals surface area contributed by atoms with E-state index >= 15 is 0 Å². The van der Waals surface area contributed by atoms with E-state index in [-0.39, 0.29) is 11.8 Å². The molecule has 0 radical (unpaired) electrons. The van der Waals surface area contributed by atoms with Crippen molar-refractivity contribution in [2.24, 2.45) is 5.92 Å². The monoisotopic (exact) mass is 327 g/mol. The number of nitrogens with zero attached hydrogens (tertiary/aromatic N) is 2. The number of likely N-dealkylation sites (tertiary alicyclic amines) is 1. The van der Waals surface area contributed by atoms with E-state index in [9.17, 15) is 9.90 Å². The van der Waals surface area contributed by atoms with E-state index in [1.807, 2.05) is 26.8 Å². The van der Waals surface area contributed by atoms with Crippen LogP contribution in [0.2, 0.25) is 0 Å². The van der Waals surface area contributed by atoms with Crippen LogP contribution in [0, 0.1) is 26.7 Å². The molecular weight excluding hydrogens is 302 g/mol. The maximum Gasteiger partial charge on any atom is 0.227 e. The highest BCUT2D eigenvalue weighted by Crippen LogP contribution is 2.22. The number of nitrogens with one attached hydrogen (secondary N) is 1. The SMILES string of the molecule is Cc1ccc(C)c(CC(=O)N2C[C@@H](Cc3cc(C)[nH]n3)[C@H](O)C2)c1. The molecule has 1 aromatic heterocycles. The summed E-state index contributed by atoms with van der Waals surface area (Å²) in [6, 6.07) is 8.18. The second-order valence-corrected chi connectivity index (χ2v) is 6.98. The number of amides is 1. The lowest BCUT2D eigenvalue weighted by molar-refractivity contribution is -0.129. The molecule has 5 nitrogen and oxygen atoms in total. The summed E-state index contributed by atoms with van der Waals surface area (Å²) in [6.07, 6.45) is 0.609. The first-order valence-electron chi connectivity index (χ1n) is 8.45.